The Labute approximate surface area is 145 Å². The molecule has 0 atom stereocenters. The minimum atomic E-state index is -4.73. The van der Waals surface area contributed by atoms with Crippen molar-refractivity contribution in [3.63, 3.8) is 0 Å². The van der Waals surface area contributed by atoms with Gasteiger partial charge in [0.05, 0.1) is 12.3 Å². The summed E-state index contributed by atoms with van der Waals surface area (Å²) in [6, 6.07) is 5.62. The summed E-state index contributed by atoms with van der Waals surface area (Å²) in [5.41, 5.74) is 0.499. The number of alkyl halides is 3. The highest BCUT2D eigenvalue weighted by Gasteiger charge is 2.39. The maximum atomic E-state index is 12.5. The summed E-state index contributed by atoms with van der Waals surface area (Å²) in [5.74, 6) is -2.28. The summed E-state index contributed by atoms with van der Waals surface area (Å²) in [6.45, 7) is 1.73. The largest absolute Gasteiger partial charge is 0.471 e. The number of ether oxygens (including phenoxy) is 1. The predicted molar refractivity (Wildman–Crippen MR) is 82.0 cm³/mol. The minimum Gasteiger partial charge on any atom is -0.449 e. The van der Waals surface area contributed by atoms with Crippen LogP contribution in [0.4, 0.5) is 23.7 Å². The Morgan fingerprint density at radius 3 is 2.42 bits per heavy atom. The van der Waals surface area contributed by atoms with Gasteiger partial charge in [-0.05, 0) is 44.0 Å². The quantitative estimate of drug-likeness (QED) is 0.818. The molecular weight excluding hydrogens is 355 g/mol. The van der Waals surface area contributed by atoms with Crippen molar-refractivity contribution in [3.05, 3.63) is 30.2 Å². The molecule has 0 spiro atoms. The Kier molecular flexibility index (Phi) is 4.66. The number of nitrogens with zero attached hydrogens (tertiary/aromatic N) is 3. The number of aromatic nitrogens is 2. The van der Waals surface area contributed by atoms with E-state index in [2.05, 4.69) is 14.7 Å². The molecule has 2 amide bonds. The minimum absolute atomic E-state index is 0.106. The average molecular weight is 369 g/mol. The molecule has 26 heavy (non-hydrogen) atoms. The third kappa shape index (κ3) is 3.68. The van der Waals surface area contributed by atoms with Gasteiger partial charge in [-0.2, -0.15) is 18.2 Å². The van der Waals surface area contributed by atoms with Crippen LogP contribution in [0.5, 0.6) is 0 Å². The van der Waals surface area contributed by atoms with Gasteiger partial charge in [0.2, 0.25) is 11.7 Å². The van der Waals surface area contributed by atoms with Gasteiger partial charge >= 0.3 is 18.2 Å². The number of halogens is 3. The normalized spacial score (nSPS) is 14.2. The fourth-order valence-electron chi connectivity index (χ4n) is 2.24. The van der Waals surface area contributed by atoms with Crippen LogP contribution < -0.4 is 4.90 Å². The van der Waals surface area contributed by atoms with Crippen LogP contribution in [0.1, 0.15) is 25.7 Å². The average Bonchev–Trinajstić information content (AvgIpc) is 3.31. The van der Waals surface area contributed by atoms with Crippen molar-refractivity contribution in [1.82, 2.24) is 10.1 Å². The lowest BCUT2D eigenvalue weighted by Crippen LogP contribution is -2.38. The number of rotatable bonds is 4. The van der Waals surface area contributed by atoms with Gasteiger partial charge in [-0.3, -0.25) is 4.79 Å². The van der Waals surface area contributed by atoms with Crippen molar-refractivity contribution in [2.75, 3.05) is 11.5 Å². The zero-order valence-corrected chi connectivity index (χ0v) is 13.6. The number of anilines is 1. The van der Waals surface area contributed by atoms with E-state index in [4.69, 9.17) is 4.74 Å². The highest BCUT2D eigenvalue weighted by Crippen LogP contribution is 2.34. The van der Waals surface area contributed by atoms with E-state index in [1.165, 1.54) is 24.3 Å². The summed E-state index contributed by atoms with van der Waals surface area (Å²) in [7, 11) is 0. The second-order valence-electron chi connectivity index (χ2n) is 5.61. The molecule has 0 radical (unpaired) electrons. The van der Waals surface area contributed by atoms with Crippen LogP contribution >= 0.6 is 0 Å². The molecule has 138 valence electrons. The first-order chi connectivity index (χ1) is 12.3. The lowest BCUT2D eigenvalue weighted by Gasteiger charge is -2.20. The van der Waals surface area contributed by atoms with Gasteiger partial charge in [-0.1, -0.05) is 5.16 Å². The molecule has 0 bridgehead atoms. The third-order valence-corrected chi connectivity index (χ3v) is 3.65. The molecule has 1 heterocycles. The summed E-state index contributed by atoms with van der Waals surface area (Å²) in [6.07, 6.45) is -4.12. The van der Waals surface area contributed by atoms with E-state index < -0.39 is 18.2 Å². The highest BCUT2D eigenvalue weighted by atomic mass is 19.4. The molecule has 1 aromatic carbocycles. The van der Waals surface area contributed by atoms with Crippen LogP contribution in [-0.4, -0.2) is 28.7 Å². The molecule has 0 saturated heterocycles. The summed E-state index contributed by atoms with van der Waals surface area (Å²) in [5, 5.41) is 3.29. The molecule has 0 unspecified atom stereocenters. The third-order valence-electron chi connectivity index (χ3n) is 3.65. The lowest BCUT2D eigenvalue weighted by atomic mass is 10.2. The predicted octanol–water partition coefficient (Wildman–Crippen LogP) is 3.65. The number of imide groups is 1. The molecule has 10 heteroatoms. The van der Waals surface area contributed by atoms with Crippen molar-refractivity contribution in [1.29, 1.82) is 0 Å². The van der Waals surface area contributed by atoms with Gasteiger partial charge in [0.15, 0.2) is 0 Å². The van der Waals surface area contributed by atoms with Gasteiger partial charge in [0.1, 0.15) is 0 Å². The molecule has 0 N–H and O–H groups in total. The van der Waals surface area contributed by atoms with Crippen LogP contribution in [0.25, 0.3) is 11.4 Å². The Morgan fingerprint density at radius 1 is 1.27 bits per heavy atom. The fraction of sp³-hybridized carbons (Fsp3) is 0.375. The van der Waals surface area contributed by atoms with E-state index >= 15 is 0 Å². The van der Waals surface area contributed by atoms with Gasteiger partial charge in [-0.25, -0.2) is 9.69 Å². The number of hydrogen-bond acceptors (Lipinski definition) is 6. The van der Waals surface area contributed by atoms with Gasteiger partial charge in [-0.15, -0.1) is 0 Å². The summed E-state index contributed by atoms with van der Waals surface area (Å²) in [4.78, 5) is 28.7. The number of benzene rings is 1. The van der Waals surface area contributed by atoms with Gasteiger partial charge < -0.3 is 9.26 Å². The summed E-state index contributed by atoms with van der Waals surface area (Å²) >= 11 is 0. The zero-order valence-electron chi connectivity index (χ0n) is 13.6. The Bertz CT molecular complexity index is 813. The first-order valence-corrected chi connectivity index (χ1v) is 7.83. The van der Waals surface area contributed by atoms with Crippen molar-refractivity contribution in [2.24, 2.45) is 5.92 Å². The maximum absolute atomic E-state index is 12.5. The van der Waals surface area contributed by atoms with Crippen molar-refractivity contribution in [3.8, 4) is 11.4 Å². The van der Waals surface area contributed by atoms with E-state index in [0.29, 0.717) is 12.8 Å². The Morgan fingerprint density at radius 2 is 1.92 bits per heavy atom. The first kappa shape index (κ1) is 17.9. The zero-order chi connectivity index (χ0) is 18.9. The second-order valence-corrected chi connectivity index (χ2v) is 5.61. The van der Waals surface area contributed by atoms with Gasteiger partial charge in [0, 0.05) is 11.5 Å². The topological polar surface area (TPSA) is 85.5 Å². The van der Waals surface area contributed by atoms with E-state index in [9.17, 15) is 22.8 Å². The van der Waals surface area contributed by atoms with E-state index in [1.54, 1.807) is 6.92 Å². The van der Waals surface area contributed by atoms with E-state index in [-0.39, 0.29) is 35.5 Å². The maximum Gasteiger partial charge on any atom is 0.471 e. The second kappa shape index (κ2) is 6.77. The monoisotopic (exact) mass is 369 g/mol. The number of carbonyl (C=O) groups is 2. The van der Waals surface area contributed by atoms with Crippen molar-refractivity contribution in [2.45, 2.75) is 25.9 Å². The molecular formula is C16H14F3N3O4. The van der Waals surface area contributed by atoms with Crippen LogP contribution in [0, 0.1) is 5.92 Å². The standard InChI is InChI=1S/C16H14F3N3O4/c1-2-25-15(24)22(13(23)10-3-4-10)11-7-5-9(6-8-11)12-20-14(26-21-12)16(17,18)19/h5-8,10H,2-4H2,1H3. The molecule has 2 aromatic rings. The van der Waals surface area contributed by atoms with E-state index in [0.717, 1.165) is 4.90 Å². The van der Waals surface area contributed by atoms with Crippen LogP contribution in [-0.2, 0) is 15.7 Å². The Balaban J connectivity index is 1.85. The van der Waals surface area contributed by atoms with Crippen LogP contribution in [0.3, 0.4) is 0 Å². The van der Waals surface area contributed by atoms with Crippen molar-refractivity contribution < 1.29 is 32.0 Å². The summed E-state index contributed by atoms with van der Waals surface area (Å²) < 4.78 is 46.7. The van der Waals surface area contributed by atoms with Crippen molar-refractivity contribution >= 4 is 17.7 Å². The highest BCUT2D eigenvalue weighted by molar-refractivity contribution is 6.13. The van der Waals surface area contributed by atoms with E-state index in [1.807, 2.05) is 0 Å². The SMILES string of the molecule is CCOC(=O)N(C(=O)C1CC1)c1ccc(-c2noc(C(F)(F)F)n2)cc1. The van der Waals surface area contributed by atoms with Gasteiger partial charge in [0.25, 0.3) is 0 Å². The molecule has 0 aliphatic heterocycles. The molecule has 1 aromatic heterocycles. The first-order valence-electron chi connectivity index (χ1n) is 7.83. The molecule has 1 saturated carbocycles. The number of carbonyl (C=O) groups excluding carboxylic acids is 2. The molecule has 1 fully saturated rings. The number of amides is 2. The molecule has 1 aliphatic rings. The Hall–Kier alpha value is -2.91. The molecule has 7 nitrogen and oxygen atoms in total. The van der Waals surface area contributed by atoms with Crippen LogP contribution in [0.2, 0.25) is 0 Å². The molecule has 3 rings (SSSR count). The molecule has 1 aliphatic carbocycles. The smallest absolute Gasteiger partial charge is 0.449 e. The lowest BCUT2D eigenvalue weighted by molar-refractivity contribution is -0.159. The van der Waals surface area contributed by atoms with Crippen LogP contribution in [0.15, 0.2) is 28.8 Å². The fourth-order valence-corrected chi connectivity index (χ4v) is 2.24. The number of hydrogen-bond donors (Lipinski definition) is 0.